The van der Waals surface area contributed by atoms with Gasteiger partial charge in [0.25, 0.3) is 5.91 Å². The molecule has 1 aliphatic heterocycles. The lowest BCUT2D eigenvalue weighted by molar-refractivity contribution is -0.899. The van der Waals surface area contributed by atoms with E-state index in [1.165, 1.54) is 16.2 Å². The molecular weight excluding hydrogens is 380 g/mol. The standard InChI is InChI=1S/C20H28N2O5S/c1-3-26-19(24)13-7-6-10-22(11-13)12-16(23)21-18-17(20(25)27-4-2)14-8-5-9-15(14)28-18/h13H,3-12H2,1-2H3,(H,21,23)/p+1/t13-/m0/s1. The van der Waals surface area contributed by atoms with Crippen LogP contribution in [0.25, 0.3) is 0 Å². The molecule has 0 saturated carbocycles. The largest absolute Gasteiger partial charge is 0.466 e. The second-order valence-corrected chi connectivity index (χ2v) is 8.41. The molecule has 1 unspecified atom stereocenters. The first-order chi connectivity index (χ1) is 13.5. The Balaban J connectivity index is 1.64. The molecule has 2 heterocycles. The van der Waals surface area contributed by atoms with Crippen molar-refractivity contribution in [2.45, 2.75) is 46.0 Å². The van der Waals surface area contributed by atoms with Crippen molar-refractivity contribution in [2.75, 3.05) is 38.2 Å². The quantitative estimate of drug-likeness (QED) is 0.661. The number of rotatable bonds is 7. The van der Waals surface area contributed by atoms with E-state index in [1.54, 1.807) is 13.8 Å². The number of aryl methyl sites for hydroxylation is 1. The van der Waals surface area contributed by atoms with Crippen molar-refractivity contribution in [3.05, 3.63) is 16.0 Å². The molecule has 7 nitrogen and oxygen atoms in total. The summed E-state index contributed by atoms with van der Waals surface area (Å²) in [6.45, 7) is 6.02. The first-order valence-corrected chi connectivity index (χ1v) is 11.0. The van der Waals surface area contributed by atoms with E-state index in [4.69, 9.17) is 9.47 Å². The monoisotopic (exact) mass is 409 g/mol. The lowest BCUT2D eigenvalue weighted by Gasteiger charge is -2.28. The zero-order valence-corrected chi connectivity index (χ0v) is 17.4. The van der Waals surface area contributed by atoms with Gasteiger partial charge in [-0.15, -0.1) is 11.3 Å². The number of piperidine rings is 1. The Labute approximate surface area is 169 Å². The molecule has 1 aromatic rings. The van der Waals surface area contributed by atoms with Crippen LogP contribution < -0.4 is 10.2 Å². The van der Waals surface area contributed by atoms with Crippen molar-refractivity contribution in [1.82, 2.24) is 0 Å². The molecule has 0 aromatic carbocycles. The van der Waals surface area contributed by atoms with Gasteiger partial charge in [0.15, 0.2) is 6.54 Å². The Morgan fingerprint density at radius 1 is 1.14 bits per heavy atom. The number of amides is 1. The van der Waals surface area contributed by atoms with Crippen molar-refractivity contribution in [1.29, 1.82) is 0 Å². The summed E-state index contributed by atoms with van der Waals surface area (Å²) in [4.78, 5) is 39.3. The molecule has 1 amide bonds. The number of ether oxygens (including phenoxy) is 2. The van der Waals surface area contributed by atoms with Crippen molar-refractivity contribution in [2.24, 2.45) is 5.92 Å². The Hall–Kier alpha value is -1.93. The van der Waals surface area contributed by atoms with Gasteiger partial charge in [0, 0.05) is 4.88 Å². The maximum Gasteiger partial charge on any atom is 0.341 e. The highest BCUT2D eigenvalue weighted by molar-refractivity contribution is 7.17. The van der Waals surface area contributed by atoms with E-state index >= 15 is 0 Å². The Kier molecular flexibility index (Phi) is 7.07. The molecule has 0 spiro atoms. The Bertz CT molecular complexity index is 745. The third-order valence-electron chi connectivity index (χ3n) is 5.30. The van der Waals surface area contributed by atoms with Crippen LogP contribution in [0.1, 0.15) is 53.9 Å². The van der Waals surface area contributed by atoms with Gasteiger partial charge in [0.2, 0.25) is 0 Å². The molecule has 2 N–H and O–H groups in total. The summed E-state index contributed by atoms with van der Waals surface area (Å²) in [5, 5.41) is 3.54. The third-order valence-corrected chi connectivity index (χ3v) is 6.51. The zero-order valence-electron chi connectivity index (χ0n) is 16.6. The minimum absolute atomic E-state index is 0.134. The van der Waals surface area contributed by atoms with E-state index in [0.29, 0.717) is 30.3 Å². The summed E-state index contributed by atoms with van der Waals surface area (Å²) in [6, 6.07) is 0. The van der Waals surface area contributed by atoms with Gasteiger partial charge >= 0.3 is 11.9 Å². The fourth-order valence-corrected chi connectivity index (χ4v) is 5.38. The van der Waals surface area contributed by atoms with Gasteiger partial charge in [-0.3, -0.25) is 9.59 Å². The number of esters is 2. The normalized spacial score (nSPS) is 21.1. The number of carbonyl (C=O) groups is 3. The summed E-state index contributed by atoms with van der Waals surface area (Å²) in [6.07, 6.45) is 4.55. The van der Waals surface area contributed by atoms with Crippen LogP contribution in [0.2, 0.25) is 0 Å². The number of hydrogen-bond donors (Lipinski definition) is 2. The van der Waals surface area contributed by atoms with Crippen molar-refractivity contribution in [3.8, 4) is 0 Å². The molecule has 2 atom stereocenters. The van der Waals surface area contributed by atoms with Gasteiger partial charge in [0.1, 0.15) is 10.9 Å². The molecule has 28 heavy (non-hydrogen) atoms. The molecule has 1 fully saturated rings. The Morgan fingerprint density at radius 3 is 2.68 bits per heavy atom. The lowest BCUT2D eigenvalue weighted by atomic mass is 9.98. The highest BCUT2D eigenvalue weighted by Crippen LogP contribution is 2.39. The van der Waals surface area contributed by atoms with Crippen LogP contribution in [-0.2, 0) is 31.9 Å². The minimum atomic E-state index is -0.357. The zero-order chi connectivity index (χ0) is 20.1. The summed E-state index contributed by atoms with van der Waals surface area (Å²) in [5.74, 6) is -0.800. The average Bonchev–Trinajstić information content (AvgIpc) is 3.22. The van der Waals surface area contributed by atoms with E-state index in [1.807, 2.05) is 0 Å². The van der Waals surface area contributed by atoms with E-state index in [0.717, 1.165) is 49.1 Å². The van der Waals surface area contributed by atoms with E-state index in [-0.39, 0.29) is 30.3 Å². The number of anilines is 1. The van der Waals surface area contributed by atoms with Crippen LogP contribution in [-0.4, -0.2) is 50.7 Å². The maximum atomic E-state index is 12.6. The minimum Gasteiger partial charge on any atom is -0.466 e. The molecule has 1 aromatic heterocycles. The fourth-order valence-electron chi connectivity index (χ4n) is 4.08. The topological polar surface area (TPSA) is 86.1 Å². The number of likely N-dealkylation sites (tertiary alicyclic amines) is 1. The number of carbonyl (C=O) groups excluding carboxylic acids is 3. The summed E-state index contributed by atoms with van der Waals surface area (Å²) >= 11 is 1.49. The highest BCUT2D eigenvalue weighted by Gasteiger charge is 2.32. The highest BCUT2D eigenvalue weighted by atomic mass is 32.1. The second kappa shape index (κ2) is 9.52. The van der Waals surface area contributed by atoms with E-state index < -0.39 is 0 Å². The van der Waals surface area contributed by atoms with E-state index in [9.17, 15) is 14.4 Å². The number of quaternary nitrogens is 1. The number of thiophene rings is 1. The summed E-state index contributed by atoms with van der Waals surface area (Å²) in [7, 11) is 0. The fraction of sp³-hybridized carbons (Fsp3) is 0.650. The predicted molar refractivity (Wildman–Crippen MR) is 106 cm³/mol. The number of fused-ring (bicyclic) bond motifs is 1. The van der Waals surface area contributed by atoms with Crippen LogP contribution >= 0.6 is 11.3 Å². The predicted octanol–water partition coefficient (Wildman–Crippen LogP) is 1.21. The van der Waals surface area contributed by atoms with Crippen molar-refractivity contribution < 1.29 is 28.8 Å². The number of hydrogen-bond acceptors (Lipinski definition) is 6. The van der Waals surface area contributed by atoms with Crippen LogP contribution in [0.4, 0.5) is 5.00 Å². The number of nitrogens with one attached hydrogen (secondary N) is 2. The Morgan fingerprint density at radius 2 is 1.93 bits per heavy atom. The third kappa shape index (κ3) is 4.72. The van der Waals surface area contributed by atoms with Gasteiger partial charge in [0.05, 0.1) is 31.9 Å². The smallest absolute Gasteiger partial charge is 0.341 e. The molecule has 0 radical (unpaired) electrons. The van der Waals surface area contributed by atoms with Crippen molar-refractivity contribution >= 4 is 34.2 Å². The molecule has 154 valence electrons. The molecule has 0 bridgehead atoms. The van der Waals surface area contributed by atoms with E-state index in [2.05, 4.69) is 5.32 Å². The molecule has 3 rings (SSSR count). The van der Waals surface area contributed by atoms with Gasteiger partial charge in [-0.05, 0) is 51.5 Å². The molecular formula is C20H29N2O5S+. The van der Waals surface area contributed by atoms with Gasteiger partial charge in [-0.2, -0.15) is 0 Å². The van der Waals surface area contributed by atoms with Gasteiger partial charge < -0.3 is 19.7 Å². The lowest BCUT2D eigenvalue weighted by Crippen LogP contribution is -3.14. The van der Waals surface area contributed by atoms with Crippen LogP contribution in [0, 0.1) is 5.92 Å². The van der Waals surface area contributed by atoms with Crippen LogP contribution in [0.3, 0.4) is 0 Å². The maximum absolute atomic E-state index is 12.6. The van der Waals surface area contributed by atoms with Crippen LogP contribution in [0.5, 0.6) is 0 Å². The first kappa shape index (κ1) is 20.8. The SMILES string of the molecule is CCOC(=O)c1c(NC(=O)C[NH+]2CCC[C@H](C(=O)OCC)C2)sc2c1CCC2. The second-order valence-electron chi connectivity index (χ2n) is 7.30. The van der Waals surface area contributed by atoms with Crippen LogP contribution in [0.15, 0.2) is 0 Å². The van der Waals surface area contributed by atoms with Gasteiger partial charge in [-0.25, -0.2) is 4.79 Å². The first-order valence-electron chi connectivity index (χ1n) is 10.1. The molecule has 2 aliphatic rings. The molecule has 8 heteroatoms. The molecule has 1 saturated heterocycles. The average molecular weight is 410 g/mol. The summed E-state index contributed by atoms with van der Waals surface area (Å²) in [5.41, 5.74) is 1.57. The summed E-state index contributed by atoms with van der Waals surface area (Å²) < 4.78 is 10.3. The van der Waals surface area contributed by atoms with Crippen molar-refractivity contribution in [3.63, 3.8) is 0 Å². The van der Waals surface area contributed by atoms with Gasteiger partial charge in [-0.1, -0.05) is 0 Å². The molecule has 1 aliphatic carbocycles.